The Labute approximate surface area is 109 Å². The fourth-order valence-electron chi connectivity index (χ4n) is 2.04. The first kappa shape index (κ1) is 14.5. The summed E-state index contributed by atoms with van der Waals surface area (Å²) in [5, 5.41) is 0. The van der Waals surface area contributed by atoms with Crippen LogP contribution in [0.15, 0.2) is 24.3 Å². The van der Waals surface area contributed by atoms with E-state index in [1.165, 1.54) is 0 Å². The van der Waals surface area contributed by atoms with Gasteiger partial charge >= 0.3 is 0 Å². The topological polar surface area (TPSA) is 55.6 Å². The van der Waals surface area contributed by atoms with E-state index in [2.05, 4.69) is 0 Å². The van der Waals surface area contributed by atoms with E-state index in [9.17, 15) is 4.79 Å². The first-order chi connectivity index (χ1) is 8.58. The van der Waals surface area contributed by atoms with E-state index < -0.39 is 0 Å². The Morgan fingerprint density at radius 3 is 2.78 bits per heavy atom. The lowest BCUT2D eigenvalue weighted by Gasteiger charge is -2.27. The Balaban J connectivity index is 2.68. The summed E-state index contributed by atoms with van der Waals surface area (Å²) in [7, 11) is 1.65. The SMILES string of the molecule is CCN(C(=O)Cc1cccc(N)c1)C(C)COC. The monoisotopic (exact) mass is 250 g/mol. The summed E-state index contributed by atoms with van der Waals surface area (Å²) in [6, 6.07) is 7.54. The van der Waals surface area contributed by atoms with Crippen molar-refractivity contribution in [2.45, 2.75) is 26.3 Å². The van der Waals surface area contributed by atoms with Crippen molar-refractivity contribution in [3.05, 3.63) is 29.8 Å². The van der Waals surface area contributed by atoms with Crippen LogP contribution in [0.4, 0.5) is 5.69 Å². The molecule has 1 aromatic rings. The van der Waals surface area contributed by atoms with Gasteiger partial charge in [-0.05, 0) is 31.5 Å². The zero-order chi connectivity index (χ0) is 13.5. The Hall–Kier alpha value is -1.55. The molecule has 0 aliphatic heterocycles. The van der Waals surface area contributed by atoms with Gasteiger partial charge in [0.25, 0.3) is 0 Å². The second-order valence-electron chi connectivity index (χ2n) is 4.41. The quantitative estimate of drug-likeness (QED) is 0.782. The molecule has 100 valence electrons. The molecule has 1 unspecified atom stereocenters. The van der Waals surface area contributed by atoms with Gasteiger partial charge in [0, 0.05) is 19.3 Å². The number of nitrogens with two attached hydrogens (primary N) is 1. The molecule has 0 aromatic heterocycles. The first-order valence-electron chi connectivity index (χ1n) is 6.21. The molecule has 0 saturated carbocycles. The average Bonchev–Trinajstić information content (AvgIpc) is 2.30. The number of amides is 1. The van der Waals surface area contributed by atoms with E-state index in [0.29, 0.717) is 25.3 Å². The van der Waals surface area contributed by atoms with Crippen molar-refractivity contribution >= 4 is 11.6 Å². The van der Waals surface area contributed by atoms with Gasteiger partial charge in [0.1, 0.15) is 0 Å². The van der Waals surface area contributed by atoms with E-state index in [1.54, 1.807) is 7.11 Å². The summed E-state index contributed by atoms with van der Waals surface area (Å²) >= 11 is 0. The molecule has 0 spiro atoms. The van der Waals surface area contributed by atoms with Crippen LogP contribution in [-0.2, 0) is 16.0 Å². The highest BCUT2D eigenvalue weighted by Gasteiger charge is 2.18. The number of carbonyl (C=O) groups excluding carboxylic acids is 1. The molecule has 2 N–H and O–H groups in total. The van der Waals surface area contributed by atoms with Crippen LogP contribution in [0.5, 0.6) is 0 Å². The van der Waals surface area contributed by atoms with Crippen LogP contribution < -0.4 is 5.73 Å². The zero-order valence-corrected chi connectivity index (χ0v) is 11.3. The second kappa shape index (κ2) is 7.01. The Morgan fingerprint density at radius 2 is 2.22 bits per heavy atom. The van der Waals surface area contributed by atoms with Crippen molar-refractivity contribution in [1.82, 2.24) is 4.90 Å². The largest absolute Gasteiger partial charge is 0.399 e. The van der Waals surface area contributed by atoms with Crippen LogP contribution in [0.1, 0.15) is 19.4 Å². The highest BCUT2D eigenvalue weighted by Crippen LogP contribution is 2.10. The minimum absolute atomic E-state index is 0.0913. The van der Waals surface area contributed by atoms with Crippen molar-refractivity contribution in [3.8, 4) is 0 Å². The number of carbonyl (C=O) groups is 1. The third-order valence-electron chi connectivity index (χ3n) is 2.91. The van der Waals surface area contributed by atoms with Gasteiger partial charge in [0.15, 0.2) is 0 Å². The van der Waals surface area contributed by atoms with Gasteiger partial charge in [0.05, 0.1) is 19.1 Å². The lowest BCUT2D eigenvalue weighted by atomic mass is 10.1. The summed E-state index contributed by atoms with van der Waals surface area (Å²) < 4.78 is 5.09. The number of benzene rings is 1. The zero-order valence-electron chi connectivity index (χ0n) is 11.3. The van der Waals surface area contributed by atoms with E-state index >= 15 is 0 Å². The molecule has 0 saturated heterocycles. The third kappa shape index (κ3) is 4.04. The number of methoxy groups -OCH3 is 1. The standard InChI is InChI=1S/C14H22N2O2/c1-4-16(11(2)10-18-3)14(17)9-12-6-5-7-13(15)8-12/h5-8,11H,4,9-10,15H2,1-3H3. The van der Waals surface area contributed by atoms with Crippen molar-refractivity contribution in [2.75, 3.05) is 26.0 Å². The predicted molar refractivity (Wildman–Crippen MR) is 73.3 cm³/mol. The fourth-order valence-corrected chi connectivity index (χ4v) is 2.04. The molecule has 1 rings (SSSR count). The molecular weight excluding hydrogens is 228 g/mol. The van der Waals surface area contributed by atoms with E-state index in [-0.39, 0.29) is 11.9 Å². The molecule has 0 heterocycles. The summed E-state index contributed by atoms with van der Waals surface area (Å²) in [6.07, 6.45) is 0.382. The lowest BCUT2D eigenvalue weighted by Crippen LogP contribution is -2.41. The van der Waals surface area contributed by atoms with Gasteiger partial charge in [-0.2, -0.15) is 0 Å². The molecule has 0 aliphatic carbocycles. The molecule has 0 bridgehead atoms. The number of nitrogens with zero attached hydrogens (tertiary/aromatic N) is 1. The highest BCUT2D eigenvalue weighted by molar-refractivity contribution is 5.79. The average molecular weight is 250 g/mol. The maximum absolute atomic E-state index is 12.2. The molecule has 0 aliphatic rings. The number of hydrogen-bond donors (Lipinski definition) is 1. The van der Waals surface area contributed by atoms with Gasteiger partial charge in [-0.1, -0.05) is 12.1 Å². The summed E-state index contributed by atoms with van der Waals surface area (Å²) in [4.78, 5) is 14.0. The van der Waals surface area contributed by atoms with Crippen molar-refractivity contribution in [2.24, 2.45) is 0 Å². The molecule has 18 heavy (non-hydrogen) atoms. The van der Waals surface area contributed by atoms with E-state index in [0.717, 1.165) is 5.56 Å². The van der Waals surface area contributed by atoms with Crippen molar-refractivity contribution in [1.29, 1.82) is 0 Å². The van der Waals surface area contributed by atoms with E-state index in [1.807, 2.05) is 43.0 Å². The molecule has 1 amide bonds. The molecule has 0 fully saturated rings. The van der Waals surface area contributed by atoms with Crippen LogP contribution in [-0.4, -0.2) is 37.1 Å². The molecule has 4 nitrogen and oxygen atoms in total. The number of rotatable bonds is 6. The number of hydrogen-bond acceptors (Lipinski definition) is 3. The smallest absolute Gasteiger partial charge is 0.227 e. The summed E-state index contributed by atoms with van der Waals surface area (Å²) in [5.41, 5.74) is 7.34. The number of anilines is 1. The van der Waals surface area contributed by atoms with Crippen LogP contribution in [0.3, 0.4) is 0 Å². The maximum atomic E-state index is 12.2. The van der Waals surface area contributed by atoms with Crippen molar-refractivity contribution < 1.29 is 9.53 Å². The van der Waals surface area contributed by atoms with Gasteiger partial charge in [-0.15, -0.1) is 0 Å². The van der Waals surface area contributed by atoms with Gasteiger partial charge in [-0.25, -0.2) is 0 Å². The lowest BCUT2D eigenvalue weighted by molar-refractivity contribution is -0.133. The number of nitrogen functional groups attached to an aromatic ring is 1. The van der Waals surface area contributed by atoms with Crippen molar-refractivity contribution in [3.63, 3.8) is 0 Å². The normalized spacial score (nSPS) is 12.2. The van der Waals surface area contributed by atoms with E-state index in [4.69, 9.17) is 10.5 Å². The maximum Gasteiger partial charge on any atom is 0.227 e. The Bertz CT molecular complexity index is 393. The minimum atomic E-state index is 0.0913. The molecule has 1 atom stereocenters. The van der Waals surface area contributed by atoms with Crippen LogP contribution in [0.25, 0.3) is 0 Å². The predicted octanol–water partition coefficient (Wildman–Crippen LogP) is 1.69. The minimum Gasteiger partial charge on any atom is -0.399 e. The first-order valence-corrected chi connectivity index (χ1v) is 6.21. The third-order valence-corrected chi connectivity index (χ3v) is 2.91. The Morgan fingerprint density at radius 1 is 1.50 bits per heavy atom. The molecule has 4 heteroatoms. The molecule has 0 radical (unpaired) electrons. The van der Waals surface area contributed by atoms with Crippen LogP contribution in [0, 0.1) is 0 Å². The van der Waals surface area contributed by atoms with Crippen LogP contribution in [0.2, 0.25) is 0 Å². The highest BCUT2D eigenvalue weighted by atomic mass is 16.5. The van der Waals surface area contributed by atoms with Gasteiger partial charge in [0.2, 0.25) is 5.91 Å². The summed E-state index contributed by atoms with van der Waals surface area (Å²) in [5.74, 6) is 0.104. The fraction of sp³-hybridized carbons (Fsp3) is 0.500. The Kier molecular flexibility index (Phi) is 5.65. The second-order valence-corrected chi connectivity index (χ2v) is 4.41. The molecule has 1 aromatic carbocycles. The van der Waals surface area contributed by atoms with Crippen LogP contribution >= 0.6 is 0 Å². The summed E-state index contributed by atoms with van der Waals surface area (Å²) in [6.45, 7) is 5.20. The van der Waals surface area contributed by atoms with Gasteiger partial charge < -0.3 is 15.4 Å². The molecular formula is C14H22N2O2. The number of ether oxygens (including phenoxy) is 1. The number of likely N-dealkylation sites (N-methyl/N-ethyl adjacent to an activating group) is 1. The van der Waals surface area contributed by atoms with Gasteiger partial charge in [-0.3, -0.25) is 4.79 Å².